The van der Waals surface area contributed by atoms with Crippen LogP contribution >= 0.6 is 0 Å². The Morgan fingerprint density at radius 3 is 2.94 bits per heavy atom. The lowest BCUT2D eigenvalue weighted by molar-refractivity contribution is 0.284. The second-order valence-corrected chi connectivity index (χ2v) is 5.54. The van der Waals surface area contributed by atoms with Crippen LogP contribution in [0.2, 0.25) is 0 Å². The maximum absolute atomic E-state index is 13.2. The van der Waals surface area contributed by atoms with Crippen LogP contribution in [-0.2, 0) is 0 Å². The summed E-state index contributed by atoms with van der Waals surface area (Å²) in [6.07, 6.45) is 5.19. The molecule has 1 heterocycles. The molecule has 3 rings (SSSR count). The first kappa shape index (κ1) is 12.0. The molecule has 2 fully saturated rings. The molecular weight excluding hydrogens is 227 g/mol. The van der Waals surface area contributed by atoms with Gasteiger partial charge in [-0.15, -0.1) is 0 Å². The van der Waals surface area contributed by atoms with Gasteiger partial charge >= 0.3 is 0 Å². The highest BCUT2D eigenvalue weighted by Gasteiger charge is 2.33. The number of hydrogen-bond donors (Lipinski definition) is 1. The maximum atomic E-state index is 13.2. The molecule has 1 aliphatic heterocycles. The third-order valence-corrected chi connectivity index (χ3v) is 4.36. The number of anilines is 1. The summed E-state index contributed by atoms with van der Waals surface area (Å²) in [6.45, 7) is 4.09. The molecule has 18 heavy (non-hydrogen) atoms. The summed E-state index contributed by atoms with van der Waals surface area (Å²) < 4.78 is 13.2. The summed E-state index contributed by atoms with van der Waals surface area (Å²) >= 11 is 0. The van der Waals surface area contributed by atoms with Crippen LogP contribution in [0.25, 0.3) is 0 Å². The van der Waals surface area contributed by atoms with Gasteiger partial charge in [0.05, 0.1) is 0 Å². The molecule has 2 nitrogen and oxygen atoms in total. The molecule has 3 heteroatoms. The molecule has 1 N–H and O–H groups in total. The number of nitrogens with zero attached hydrogens (tertiary/aromatic N) is 1. The SMILES string of the molecule is Cc1cc(F)ccc1N1CCN[C@@H]2CCCC[C@H]21. The molecule has 1 aromatic rings. The van der Waals surface area contributed by atoms with E-state index in [0.29, 0.717) is 12.1 Å². The number of rotatable bonds is 1. The van der Waals surface area contributed by atoms with Gasteiger partial charge in [-0.1, -0.05) is 12.8 Å². The first-order valence-corrected chi connectivity index (χ1v) is 7.02. The van der Waals surface area contributed by atoms with Gasteiger partial charge in [0.1, 0.15) is 5.82 Å². The molecule has 98 valence electrons. The van der Waals surface area contributed by atoms with Gasteiger partial charge in [-0.05, 0) is 43.5 Å². The fourth-order valence-electron chi connectivity index (χ4n) is 3.50. The zero-order chi connectivity index (χ0) is 12.5. The van der Waals surface area contributed by atoms with Crippen molar-refractivity contribution in [3.05, 3.63) is 29.6 Å². The predicted octanol–water partition coefficient (Wildman–Crippen LogP) is 2.85. The van der Waals surface area contributed by atoms with Crippen LogP contribution in [0.15, 0.2) is 18.2 Å². The van der Waals surface area contributed by atoms with Crippen molar-refractivity contribution >= 4 is 5.69 Å². The van der Waals surface area contributed by atoms with Crippen LogP contribution in [-0.4, -0.2) is 25.2 Å². The molecule has 1 aromatic carbocycles. The summed E-state index contributed by atoms with van der Waals surface area (Å²) in [4.78, 5) is 2.50. The number of halogens is 1. The van der Waals surface area contributed by atoms with Crippen LogP contribution in [0.5, 0.6) is 0 Å². The van der Waals surface area contributed by atoms with Crippen LogP contribution in [0.1, 0.15) is 31.2 Å². The molecule has 2 atom stereocenters. The van der Waals surface area contributed by atoms with Gasteiger partial charge in [0, 0.05) is 30.9 Å². The van der Waals surface area contributed by atoms with Crippen molar-refractivity contribution in [2.45, 2.75) is 44.7 Å². The molecule has 1 saturated heterocycles. The average molecular weight is 248 g/mol. The number of benzene rings is 1. The van der Waals surface area contributed by atoms with E-state index in [9.17, 15) is 4.39 Å². The molecule has 1 aliphatic carbocycles. The first-order chi connectivity index (χ1) is 8.75. The standard InChI is InChI=1S/C15H21FN2/c1-11-10-12(16)6-7-14(11)18-9-8-17-13-4-2-3-5-15(13)18/h6-7,10,13,15,17H,2-5,8-9H2,1H3/t13-,15-/m1/s1. The summed E-state index contributed by atoms with van der Waals surface area (Å²) in [7, 11) is 0. The number of aryl methyl sites for hydroxylation is 1. The summed E-state index contributed by atoms with van der Waals surface area (Å²) in [5.74, 6) is -0.133. The Bertz CT molecular complexity index is 431. The third kappa shape index (κ3) is 2.12. The second kappa shape index (κ2) is 4.88. The lowest BCUT2D eigenvalue weighted by atomic mass is 9.87. The minimum atomic E-state index is -0.133. The molecule has 0 amide bonds. The number of piperazine rings is 1. The zero-order valence-electron chi connectivity index (χ0n) is 11.0. The minimum absolute atomic E-state index is 0.133. The van der Waals surface area contributed by atoms with E-state index in [-0.39, 0.29) is 5.82 Å². The van der Waals surface area contributed by atoms with Crippen molar-refractivity contribution < 1.29 is 4.39 Å². The van der Waals surface area contributed by atoms with E-state index in [1.54, 1.807) is 12.1 Å². The predicted molar refractivity (Wildman–Crippen MR) is 72.5 cm³/mol. The molecule has 1 saturated carbocycles. The molecular formula is C15H21FN2. The highest BCUT2D eigenvalue weighted by molar-refractivity contribution is 5.55. The molecule has 0 spiro atoms. The van der Waals surface area contributed by atoms with Crippen LogP contribution in [0.4, 0.5) is 10.1 Å². The molecule has 0 aromatic heterocycles. The first-order valence-electron chi connectivity index (χ1n) is 7.02. The quantitative estimate of drug-likeness (QED) is 0.822. The second-order valence-electron chi connectivity index (χ2n) is 5.54. The summed E-state index contributed by atoms with van der Waals surface area (Å²) in [5, 5.41) is 3.64. The van der Waals surface area contributed by atoms with Crippen LogP contribution < -0.4 is 10.2 Å². The maximum Gasteiger partial charge on any atom is 0.123 e. The van der Waals surface area contributed by atoms with E-state index >= 15 is 0 Å². The van der Waals surface area contributed by atoms with Gasteiger partial charge in [0.15, 0.2) is 0 Å². The average Bonchev–Trinajstić information content (AvgIpc) is 2.38. The summed E-state index contributed by atoms with van der Waals surface area (Å²) in [6, 6.07) is 6.40. The van der Waals surface area contributed by atoms with Crippen molar-refractivity contribution in [1.29, 1.82) is 0 Å². The van der Waals surface area contributed by atoms with Crippen LogP contribution in [0.3, 0.4) is 0 Å². The van der Waals surface area contributed by atoms with Gasteiger partial charge in [-0.2, -0.15) is 0 Å². The lowest BCUT2D eigenvalue weighted by Gasteiger charge is -2.46. The zero-order valence-corrected chi connectivity index (χ0v) is 11.0. The van der Waals surface area contributed by atoms with Gasteiger partial charge in [-0.3, -0.25) is 0 Å². The molecule has 0 bridgehead atoms. The lowest BCUT2D eigenvalue weighted by Crippen LogP contribution is -2.59. The van der Waals surface area contributed by atoms with Crippen molar-refractivity contribution in [3.8, 4) is 0 Å². The van der Waals surface area contributed by atoms with Crippen molar-refractivity contribution in [2.24, 2.45) is 0 Å². The Labute approximate surface area is 108 Å². The number of fused-ring (bicyclic) bond motifs is 1. The fourth-order valence-corrected chi connectivity index (χ4v) is 3.50. The van der Waals surface area contributed by atoms with Gasteiger partial charge < -0.3 is 10.2 Å². The fraction of sp³-hybridized carbons (Fsp3) is 0.600. The Morgan fingerprint density at radius 2 is 2.11 bits per heavy atom. The van der Waals surface area contributed by atoms with E-state index in [0.717, 1.165) is 18.7 Å². The molecule has 0 radical (unpaired) electrons. The van der Waals surface area contributed by atoms with Crippen molar-refractivity contribution in [3.63, 3.8) is 0 Å². The van der Waals surface area contributed by atoms with Crippen molar-refractivity contribution in [2.75, 3.05) is 18.0 Å². The normalized spacial score (nSPS) is 28.0. The van der Waals surface area contributed by atoms with E-state index in [4.69, 9.17) is 0 Å². The Kier molecular flexibility index (Phi) is 3.25. The highest BCUT2D eigenvalue weighted by Crippen LogP contribution is 2.31. The number of hydrogen-bond acceptors (Lipinski definition) is 2. The van der Waals surface area contributed by atoms with E-state index in [2.05, 4.69) is 10.2 Å². The monoisotopic (exact) mass is 248 g/mol. The Balaban J connectivity index is 1.89. The Hall–Kier alpha value is -1.09. The topological polar surface area (TPSA) is 15.3 Å². The van der Waals surface area contributed by atoms with Gasteiger partial charge in [-0.25, -0.2) is 4.39 Å². The highest BCUT2D eigenvalue weighted by atomic mass is 19.1. The molecule has 0 unspecified atom stereocenters. The Morgan fingerprint density at radius 1 is 1.28 bits per heavy atom. The summed E-state index contributed by atoms with van der Waals surface area (Å²) in [5.41, 5.74) is 2.27. The third-order valence-electron chi connectivity index (χ3n) is 4.36. The minimum Gasteiger partial charge on any atom is -0.365 e. The molecule has 2 aliphatic rings. The van der Waals surface area contributed by atoms with E-state index in [1.165, 1.54) is 31.4 Å². The largest absolute Gasteiger partial charge is 0.365 e. The van der Waals surface area contributed by atoms with E-state index in [1.807, 2.05) is 13.0 Å². The smallest absolute Gasteiger partial charge is 0.123 e. The van der Waals surface area contributed by atoms with Crippen LogP contribution in [0, 0.1) is 12.7 Å². The number of nitrogens with one attached hydrogen (secondary N) is 1. The van der Waals surface area contributed by atoms with E-state index < -0.39 is 0 Å². The van der Waals surface area contributed by atoms with Gasteiger partial charge in [0.25, 0.3) is 0 Å². The van der Waals surface area contributed by atoms with Crippen molar-refractivity contribution in [1.82, 2.24) is 5.32 Å². The van der Waals surface area contributed by atoms with Gasteiger partial charge in [0.2, 0.25) is 0 Å².